The van der Waals surface area contributed by atoms with E-state index in [4.69, 9.17) is 4.74 Å². The average molecular weight is 451 g/mol. The van der Waals surface area contributed by atoms with Crippen LogP contribution in [-0.4, -0.2) is 42.9 Å². The second-order valence-corrected chi connectivity index (χ2v) is 9.16. The van der Waals surface area contributed by atoms with E-state index in [1.54, 1.807) is 6.07 Å². The van der Waals surface area contributed by atoms with Crippen LogP contribution in [0.25, 0.3) is 27.7 Å². The molecule has 1 aliphatic rings. The van der Waals surface area contributed by atoms with Crippen molar-refractivity contribution >= 4 is 22.5 Å². The number of ether oxygens (including phenoxy) is 1. The van der Waals surface area contributed by atoms with E-state index in [0.29, 0.717) is 23.6 Å². The van der Waals surface area contributed by atoms with Crippen molar-refractivity contribution in [2.75, 3.05) is 11.9 Å². The highest BCUT2D eigenvalue weighted by atomic mass is 19.1. The van der Waals surface area contributed by atoms with E-state index < -0.39 is 0 Å². The number of hydrogen-bond donors (Lipinski definition) is 1. The predicted molar refractivity (Wildman–Crippen MR) is 128 cm³/mol. The van der Waals surface area contributed by atoms with E-state index in [2.05, 4.69) is 38.8 Å². The monoisotopic (exact) mass is 450 g/mol. The summed E-state index contributed by atoms with van der Waals surface area (Å²) in [6.45, 7) is 8.90. The van der Waals surface area contributed by atoms with Gasteiger partial charge in [0.1, 0.15) is 11.3 Å². The van der Waals surface area contributed by atoms with Gasteiger partial charge in [-0.05, 0) is 77.1 Å². The molecule has 0 bridgehead atoms. The van der Waals surface area contributed by atoms with Gasteiger partial charge in [-0.1, -0.05) is 0 Å². The number of benzene rings is 1. The van der Waals surface area contributed by atoms with Gasteiger partial charge < -0.3 is 14.6 Å². The molecule has 0 saturated heterocycles. The molecule has 174 valence electrons. The average Bonchev–Trinajstić information content (AvgIpc) is 3.35. The first-order chi connectivity index (χ1) is 15.9. The van der Waals surface area contributed by atoms with E-state index in [1.165, 1.54) is 0 Å². The number of aromatic nitrogens is 5. The Bertz CT molecular complexity index is 1290. The van der Waals surface area contributed by atoms with E-state index in [9.17, 15) is 4.39 Å². The molecule has 0 radical (unpaired) electrons. The van der Waals surface area contributed by atoms with Crippen molar-refractivity contribution in [3.05, 3.63) is 42.2 Å². The fraction of sp³-hybridized carbons (Fsp3) is 0.480. The lowest BCUT2D eigenvalue weighted by Gasteiger charge is -2.28. The number of rotatable bonds is 6. The Kier molecular flexibility index (Phi) is 5.78. The Balaban J connectivity index is 1.42. The van der Waals surface area contributed by atoms with Gasteiger partial charge in [0.25, 0.3) is 0 Å². The topological polar surface area (TPSA) is 69.3 Å². The number of fused-ring (bicyclic) bond motifs is 2. The molecule has 7 nitrogen and oxygen atoms in total. The van der Waals surface area contributed by atoms with Crippen molar-refractivity contribution in [2.45, 2.75) is 71.6 Å². The largest absolute Gasteiger partial charge is 0.379 e. The van der Waals surface area contributed by atoms with Gasteiger partial charge in [-0.3, -0.25) is 0 Å². The van der Waals surface area contributed by atoms with Crippen molar-refractivity contribution in [2.24, 2.45) is 0 Å². The Hall–Kier alpha value is -3.00. The normalized spacial score (nSPS) is 19.1. The van der Waals surface area contributed by atoms with Gasteiger partial charge in [0.2, 0.25) is 5.95 Å². The molecule has 0 atom stereocenters. The van der Waals surface area contributed by atoms with Crippen LogP contribution in [0.2, 0.25) is 0 Å². The Morgan fingerprint density at radius 1 is 1.18 bits per heavy atom. The Morgan fingerprint density at radius 2 is 1.97 bits per heavy atom. The van der Waals surface area contributed by atoms with Gasteiger partial charge in [-0.2, -0.15) is 0 Å². The minimum Gasteiger partial charge on any atom is -0.379 e. The quantitative estimate of drug-likeness (QED) is 0.418. The first-order valence-electron chi connectivity index (χ1n) is 11.9. The molecule has 0 unspecified atom stereocenters. The van der Waals surface area contributed by atoms with E-state index in [1.807, 2.05) is 42.9 Å². The third kappa shape index (κ3) is 4.08. The summed E-state index contributed by atoms with van der Waals surface area (Å²) in [5.41, 5.74) is 3.75. The summed E-state index contributed by atoms with van der Waals surface area (Å²) in [7, 11) is 0. The van der Waals surface area contributed by atoms with Crippen molar-refractivity contribution in [3.63, 3.8) is 0 Å². The molecular weight excluding hydrogens is 419 g/mol. The SMILES string of the molecule is CCO[C@H]1CC[C@@H](Nc2ncc3c(-c4cc(F)c5nc(C)n(C(C)C)c5c4)ccn3n2)CC1. The van der Waals surface area contributed by atoms with Gasteiger partial charge in [0.15, 0.2) is 5.82 Å². The summed E-state index contributed by atoms with van der Waals surface area (Å²) in [4.78, 5) is 9.01. The zero-order valence-corrected chi connectivity index (χ0v) is 19.7. The van der Waals surface area contributed by atoms with Crippen LogP contribution in [0.15, 0.2) is 30.6 Å². The third-order valence-corrected chi connectivity index (χ3v) is 6.58. The van der Waals surface area contributed by atoms with Crippen molar-refractivity contribution < 1.29 is 9.13 Å². The van der Waals surface area contributed by atoms with Crippen LogP contribution in [-0.2, 0) is 4.74 Å². The lowest BCUT2D eigenvalue weighted by Crippen LogP contribution is -2.30. The summed E-state index contributed by atoms with van der Waals surface area (Å²) in [6, 6.07) is 6.07. The molecule has 3 heterocycles. The molecule has 5 rings (SSSR count). The summed E-state index contributed by atoms with van der Waals surface area (Å²) in [5, 5.41) is 8.13. The molecule has 1 N–H and O–H groups in total. The highest BCUT2D eigenvalue weighted by molar-refractivity contribution is 5.88. The zero-order chi connectivity index (χ0) is 23.1. The summed E-state index contributed by atoms with van der Waals surface area (Å²) in [6.07, 6.45) is 8.29. The van der Waals surface area contributed by atoms with Crippen molar-refractivity contribution in [1.82, 2.24) is 24.1 Å². The van der Waals surface area contributed by atoms with E-state index >= 15 is 0 Å². The van der Waals surface area contributed by atoms with Crippen LogP contribution in [0.3, 0.4) is 0 Å². The number of halogens is 1. The number of nitrogens with zero attached hydrogens (tertiary/aromatic N) is 5. The van der Waals surface area contributed by atoms with E-state index in [-0.39, 0.29) is 11.9 Å². The predicted octanol–water partition coefficient (Wildman–Crippen LogP) is 5.53. The van der Waals surface area contributed by atoms with Crippen molar-refractivity contribution in [3.8, 4) is 11.1 Å². The van der Waals surface area contributed by atoms with Gasteiger partial charge in [-0.15, -0.1) is 5.10 Å². The highest BCUT2D eigenvalue weighted by Gasteiger charge is 2.22. The van der Waals surface area contributed by atoms with Gasteiger partial charge in [-0.25, -0.2) is 18.9 Å². The minimum absolute atomic E-state index is 0.191. The number of anilines is 1. The summed E-state index contributed by atoms with van der Waals surface area (Å²) < 4.78 is 24.6. The highest BCUT2D eigenvalue weighted by Crippen LogP contribution is 2.32. The van der Waals surface area contributed by atoms with Crippen LogP contribution < -0.4 is 5.32 Å². The fourth-order valence-corrected chi connectivity index (χ4v) is 5.08. The second-order valence-electron chi connectivity index (χ2n) is 9.16. The number of hydrogen-bond acceptors (Lipinski definition) is 5. The van der Waals surface area contributed by atoms with Gasteiger partial charge >= 0.3 is 0 Å². The standard InChI is InChI=1S/C25H31FN6O/c1-5-33-19-8-6-18(7-9-19)29-25-27-14-23-20(10-11-31(23)30-25)17-12-21(26)24-22(13-17)32(15(2)3)16(4)28-24/h10-15,18-19H,5-9H2,1-4H3,(H,29,30)/t18-,19+. The molecule has 1 aromatic carbocycles. The summed E-state index contributed by atoms with van der Waals surface area (Å²) >= 11 is 0. The van der Waals surface area contributed by atoms with Crippen LogP contribution in [0, 0.1) is 12.7 Å². The Labute approximate surface area is 193 Å². The molecule has 8 heteroatoms. The minimum atomic E-state index is -0.314. The molecule has 4 aromatic rings. The molecule has 33 heavy (non-hydrogen) atoms. The maximum absolute atomic E-state index is 15.0. The lowest BCUT2D eigenvalue weighted by molar-refractivity contribution is 0.0346. The van der Waals surface area contributed by atoms with Gasteiger partial charge in [0, 0.05) is 30.5 Å². The first kappa shape index (κ1) is 21.8. The molecule has 3 aromatic heterocycles. The Morgan fingerprint density at radius 3 is 2.70 bits per heavy atom. The van der Waals surface area contributed by atoms with Gasteiger partial charge in [0.05, 0.1) is 23.3 Å². The second kappa shape index (κ2) is 8.74. The third-order valence-electron chi connectivity index (χ3n) is 6.58. The molecule has 0 amide bonds. The lowest BCUT2D eigenvalue weighted by atomic mass is 9.93. The number of nitrogens with one attached hydrogen (secondary N) is 1. The number of imidazole rings is 1. The van der Waals surface area contributed by atoms with Crippen LogP contribution in [0.1, 0.15) is 58.3 Å². The van der Waals surface area contributed by atoms with Crippen molar-refractivity contribution in [1.29, 1.82) is 0 Å². The molecule has 0 aliphatic heterocycles. The zero-order valence-electron chi connectivity index (χ0n) is 19.7. The van der Waals surface area contributed by atoms with E-state index in [0.717, 1.165) is 60.3 Å². The summed E-state index contributed by atoms with van der Waals surface area (Å²) in [5.74, 6) is 1.11. The molecule has 0 spiro atoms. The molecule has 1 saturated carbocycles. The number of aryl methyl sites for hydroxylation is 1. The molecule has 1 aliphatic carbocycles. The van der Waals surface area contributed by atoms with Crippen LogP contribution >= 0.6 is 0 Å². The molecule has 1 fully saturated rings. The first-order valence-corrected chi connectivity index (χ1v) is 11.9. The maximum atomic E-state index is 15.0. The van der Waals surface area contributed by atoms with Crippen LogP contribution in [0.5, 0.6) is 0 Å². The van der Waals surface area contributed by atoms with Crippen LogP contribution in [0.4, 0.5) is 10.3 Å². The molecular formula is C25H31FN6O. The smallest absolute Gasteiger partial charge is 0.241 e. The fourth-order valence-electron chi connectivity index (χ4n) is 5.08. The maximum Gasteiger partial charge on any atom is 0.241 e.